The SMILES string of the molecule is CCC(C)CC(N)C(C)C(C)C. The molecule has 3 atom stereocenters. The van der Waals surface area contributed by atoms with Gasteiger partial charge in [0.25, 0.3) is 0 Å². The maximum absolute atomic E-state index is 6.09. The molecular weight excluding hydrogens is 146 g/mol. The van der Waals surface area contributed by atoms with Gasteiger partial charge in [0.05, 0.1) is 0 Å². The Labute approximate surface area is 77.7 Å². The van der Waals surface area contributed by atoms with Gasteiger partial charge in [0.2, 0.25) is 0 Å². The topological polar surface area (TPSA) is 26.0 Å². The van der Waals surface area contributed by atoms with Crippen LogP contribution in [-0.2, 0) is 0 Å². The molecule has 0 aromatic carbocycles. The van der Waals surface area contributed by atoms with Crippen molar-refractivity contribution in [2.24, 2.45) is 23.5 Å². The van der Waals surface area contributed by atoms with Crippen LogP contribution in [0.5, 0.6) is 0 Å². The number of rotatable bonds is 5. The van der Waals surface area contributed by atoms with Crippen LogP contribution in [0.4, 0.5) is 0 Å². The molecule has 0 aliphatic carbocycles. The van der Waals surface area contributed by atoms with Crippen molar-refractivity contribution in [2.45, 2.75) is 53.5 Å². The Kier molecular flexibility index (Phi) is 5.56. The van der Waals surface area contributed by atoms with E-state index >= 15 is 0 Å². The van der Waals surface area contributed by atoms with Crippen LogP contribution in [0.3, 0.4) is 0 Å². The molecule has 74 valence electrons. The van der Waals surface area contributed by atoms with E-state index in [-0.39, 0.29) is 0 Å². The summed E-state index contributed by atoms with van der Waals surface area (Å²) in [5.41, 5.74) is 6.09. The fourth-order valence-electron chi connectivity index (χ4n) is 1.34. The quantitative estimate of drug-likeness (QED) is 0.676. The van der Waals surface area contributed by atoms with Gasteiger partial charge in [0.1, 0.15) is 0 Å². The van der Waals surface area contributed by atoms with Gasteiger partial charge in [-0.1, -0.05) is 41.0 Å². The molecular formula is C11H25N. The van der Waals surface area contributed by atoms with Gasteiger partial charge in [-0.15, -0.1) is 0 Å². The summed E-state index contributed by atoms with van der Waals surface area (Å²) in [5, 5.41) is 0. The molecule has 1 nitrogen and oxygen atoms in total. The number of hydrogen-bond acceptors (Lipinski definition) is 1. The highest BCUT2D eigenvalue weighted by molar-refractivity contribution is 4.73. The van der Waals surface area contributed by atoms with E-state index in [0.29, 0.717) is 17.9 Å². The van der Waals surface area contributed by atoms with E-state index in [4.69, 9.17) is 5.73 Å². The Balaban J connectivity index is 3.78. The lowest BCUT2D eigenvalue weighted by molar-refractivity contribution is 0.300. The predicted molar refractivity (Wildman–Crippen MR) is 56.0 cm³/mol. The van der Waals surface area contributed by atoms with Gasteiger partial charge in [-0.25, -0.2) is 0 Å². The zero-order chi connectivity index (χ0) is 9.72. The van der Waals surface area contributed by atoms with Crippen LogP contribution in [-0.4, -0.2) is 6.04 Å². The summed E-state index contributed by atoms with van der Waals surface area (Å²) >= 11 is 0. The lowest BCUT2D eigenvalue weighted by atomic mass is 9.85. The second-order valence-corrected chi connectivity index (χ2v) is 4.52. The Morgan fingerprint density at radius 2 is 1.58 bits per heavy atom. The van der Waals surface area contributed by atoms with Crippen LogP contribution in [0.2, 0.25) is 0 Å². The second kappa shape index (κ2) is 5.58. The van der Waals surface area contributed by atoms with E-state index in [0.717, 1.165) is 5.92 Å². The maximum Gasteiger partial charge on any atom is 0.00695 e. The minimum Gasteiger partial charge on any atom is -0.327 e. The molecule has 0 aromatic rings. The lowest BCUT2D eigenvalue weighted by Gasteiger charge is -2.25. The molecule has 0 heterocycles. The van der Waals surface area contributed by atoms with E-state index < -0.39 is 0 Å². The van der Waals surface area contributed by atoms with E-state index in [1.165, 1.54) is 12.8 Å². The van der Waals surface area contributed by atoms with Gasteiger partial charge in [-0.3, -0.25) is 0 Å². The minimum absolute atomic E-state index is 0.389. The van der Waals surface area contributed by atoms with Crippen molar-refractivity contribution in [3.8, 4) is 0 Å². The minimum atomic E-state index is 0.389. The van der Waals surface area contributed by atoms with Crippen LogP contribution in [0, 0.1) is 17.8 Å². The van der Waals surface area contributed by atoms with E-state index in [1.54, 1.807) is 0 Å². The summed E-state index contributed by atoms with van der Waals surface area (Å²) in [6.45, 7) is 11.3. The first-order valence-corrected chi connectivity index (χ1v) is 5.24. The second-order valence-electron chi connectivity index (χ2n) is 4.52. The fraction of sp³-hybridized carbons (Fsp3) is 1.00. The van der Waals surface area contributed by atoms with Crippen molar-refractivity contribution < 1.29 is 0 Å². The molecule has 0 aliphatic rings. The summed E-state index contributed by atoms with van der Waals surface area (Å²) < 4.78 is 0. The molecule has 0 amide bonds. The standard InChI is InChI=1S/C11H25N/c1-6-9(4)7-11(12)10(5)8(2)3/h8-11H,6-7,12H2,1-5H3. The Morgan fingerprint density at radius 1 is 1.08 bits per heavy atom. The monoisotopic (exact) mass is 171 g/mol. The van der Waals surface area contributed by atoms with Gasteiger partial charge in [-0.2, -0.15) is 0 Å². The smallest absolute Gasteiger partial charge is 0.00695 e. The van der Waals surface area contributed by atoms with E-state index in [1.807, 2.05) is 0 Å². The molecule has 0 bridgehead atoms. The van der Waals surface area contributed by atoms with Crippen LogP contribution >= 0.6 is 0 Å². The molecule has 0 rings (SSSR count). The van der Waals surface area contributed by atoms with Gasteiger partial charge < -0.3 is 5.73 Å². The molecule has 3 unspecified atom stereocenters. The normalized spacial score (nSPS) is 19.2. The third-order valence-corrected chi connectivity index (χ3v) is 3.10. The van der Waals surface area contributed by atoms with Crippen LogP contribution in [0.15, 0.2) is 0 Å². The Morgan fingerprint density at radius 3 is 1.92 bits per heavy atom. The molecule has 0 radical (unpaired) electrons. The molecule has 0 aliphatic heterocycles. The summed E-state index contributed by atoms with van der Waals surface area (Å²) in [6, 6.07) is 0.389. The van der Waals surface area contributed by atoms with Crippen molar-refractivity contribution in [3.05, 3.63) is 0 Å². The predicted octanol–water partition coefficient (Wildman–Crippen LogP) is 3.04. The van der Waals surface area contributed by atoms with Crippen molar-refractivity contribution in [1.82, 2.24) is 0 Å². The van der Waals surface area contributed by atoms with Crippen molar-refractivity contribution in [1.29, 1.82) is 0 Å². The third-order valence-electron chi connectivity index (χ3n) is 3.10. The van der Waals surface area contributed by atoms with Crippen molar-refractivity contribution in [3.63, 3.8) is 0 Å². The Bertz CT molecular complexity index is 110. The van der Waals surface area contributed by atoms with Crippen molar-refractivity contribution >= 4 is 0 Å². The average Bonchev–Trinajstić information content (AvgIpc) is 2.02. The van der Waals surface area contributed by atoms with Gasteiger partial charge >= 0.3 is 0 Å². The molecule has 0 fully saturated rings. The third kappa shape index (κ3) is 4.10. The summed E-state index contributed by atoms with van der Waals surface area (Å²) in [7, 11) is 0. The highest BCUT2D eigenvalue weighted by Gasteiger charge is 2.17. The van der Waals surface area contributed by atoms with Gasteiger partial charge in [-0.05, 0) is 24.2 Å². The zero-order valence-electron chi connectivity index (χ0n) is 9.30. The maximum atomic E-state index is 6.09. The van der Waals surface area contributed by atoms with E-state index in [2.05, 4.69) is 34.6 Å². The molecule has 0 saturated carbocycles. The first-order chi connectivity index (χ1) is 5.49. The molecule has 0 aromatic heterocycles. The van der Waals surface area contributed by atoms with Crippen molar-refractivity contribution in [2.75, 3.05) is 0 Å². The molecule has 12 heavy (non-hydrogen) atoms. The van der Waals surface area contributed by atoms with Crippen LogP contribution in [0.1, 0.15) is 47.5 Å². The van der Waals surface area contributed by atoms with Crippen LogP contribution in [0.25, 0.3) is 0 Å². The Hall–Kier alpha value is -0.0400. The highest BCUT2D eigenvalue weighted by atomic mass is 14.6. The molecule has 0 spiro atoms. The first kappa shape index (κ1) is 12.0. The average molecular weight is 171 g/mol. The zero-order valence-corrected chi connectivity index (χ0v) is 9.30. The van der Waals surface area contributed by atoms with Gasteiger partial charge in [0, 0.05) is 6.04 Å². The summed E-state index contributed by atoms with van der Waals surface area (Å²) in [5.74, 6) is 2.14. The largest absolute Gasteiger partial charge is 0.327 e. The molecule has 2 N–H and O–H groups in total. The summed E-state index contributed by atoms with van der Waals surface area (Å²) in [6.07, 6.45) is 2.42. The number of nitrogens with two attached hydrogens (primary N) is 1. The van der Waals surface area contributed by atoms with Gasteiger partial charge in [0.15, 0.2) is 0 Å². The molecule has 1 heteroatoms. The van der Waals surface area contributed by atoms with E-state index in [9.17, 15) is 0 Å². The fourth-order valence-corrected chi connectivity index (χ4v) is 1.34. The summed E-state index contributed by atoms with van der Waals surface area (Å²) in [4.78, 5) is 0. The molecule has 0 saturated heterocycles. The highest BCUT2D eigenvalue weighted by Crippen LogP contribution is 2.19. The first-order valence-electron chi connectivity index (χ1n) is 5.24. The lowest BCUT2D eigenvalue weighted by Crippen LogP contribution is -2.32. The number of hydrogen-bond donors (Lipinski definition) is 1. The van der Waals surface area contributed by atoms with Crippen LogP contribution < -0.4 is 5.73 Å².